The summed E-state index contributed by atoms with van der Waals surface area (Å²) >= 11 is 1.69. The maximum absolute atomic E-state index is 5.93. The molecule has 0 spiro atoms. The Balaban J connectivity index is 0.00000300. The maximum atomic E-state index is 5.93. The minimum Gasteiger partial charge on any atom is -0.492 e. The van der Waals surface area contributed by atoms with Gasteiger partial charge in [-0.15, -0.1) is 35.3 Å². The van der Waals surface area contributed by atoms with Crippen LogP contribution in [0.25, 0.3) is 0 Å². The zero-order valence-electron chi connectivity index (χ0n) is 17.0. The summed E-state index contributed by atoms with van der Waals surface area (Å²) < 4.78 is 11.3. The van der Waals surface area contributed by atoms with E-state index in [1.807, 2.05) is 18.3 Å². The van der Waals surface area contributed by atoms with Gasteiger partial charge in [-0.25, -0.2) is 4.98 Å². The molecule has 9 heteroatoms. The van der Waals surface area contributed by atoms with Crippen molar-refractivity contribution in [3.63, 3.8) is 0 Å². The van der Waals surface area contributed by atoms with Crippen LogP contribution in [0, 0.1) is 6.92 Å². The molecule has 0 aliphatic carbocycles. The number of nitrogens with one attached hydrogen (secondary N) is 2. The first-order chi connectivity index (χ1) is 13.7. The zero-order chi connectivity index (χ0) is 19.6. The fourth-order valence-electron chi connectivity index (χ4n) is 2.91. The number of halogens is 1. The number of aliphatic imine (C=N–C) groups is 1. The molecule has 3 rings (SSSR count). The van der Waals surface area contributed by atoms with Crippen LogP contribution in [-0.2, 0) is 17.8 Å². The minimum atomic E-state index is 0. The topological polar surface area (TPSA) is 71.0 Å². The molecule has 29 heavy (non-hydrogen) atoms. The van der Waals surface area contributed by atoms with Crippen LogP contribution in [0.2, 0.25) is 0 Å². The van der Waals surface area contributed by atoms with Gasteiger partial charge in [-0.05, 0) is 24.6 Å². The molecule has 0 saturated carbocycles. The average Bonchev–Trinajstić information content (AvgIpc) is 3.14. The molecule has 0 amide bonds. The molecule has 2 aromatic rings. The lowest BCUT2D eigenvalue weighted by atomic mass is 10.2. The van der Waals surface area contributed by atoms with Gasteiger partial charge in [0.05, 0.1) is 19.8 Å². The normalized spacial score (nSPS) is 14.9. The first-order valence-electron chi connectivity index (χ1n) is 9.60. The SMILES string of the molecule is CN=C(NCc1cccc(OCCN2CCOCC2)c1)NCc1ncc(C)s1.I. The summed E-state index contributed by atoms with van der Waals surface area (Å²) in [6, 6.07) is 8.18. The Morgan fingerprint density at radius 1 is 1.28 bits per heavy atom. The Kier molecular flexibility index (Phi) is 10.7. The van der Waals surface area contributed by atoms with E-state index in [0.717, 1.165) is 55.1 Å². The van der Waals surface area contributed by atoms with Gasteiger partial charge in [0.25, 0.3) is 0 Å². The van der Waals surface area contributed by atoms with Crippen molar-refractivity contribution < 1.29 is 9.47 Å². The van der Waals surface area contributed by atoms with E-state index in [9.17, 15) is 0 Å². The molecular weight excluding hydrogens is 501 g/mol. The second-order valence-corrected chi connectivity index (χ2v) is 7.91. The van der Waals surface area contributed by atoms with Gasteiger partial charge in [0.1, 0.15) is 17.4 Å². The van der Waals surface area contributed by atoms with E-state index in [-0.39, 0.29) is 24.0 Å². The Labute approximate surface area is 193 Å². The molecule has 1 aromatic carbocycles. The fourth-order valence-corrected chi connectivity index (χ4v) is 3.64. The van der Waals surface area contributed by atoms with Crippen LogP contribution < -0.4 is 15.4 Å². The Bertz CT molecular complexity index is 765. The van der Waals surface area contributed by atoms with E-state index >= 15 is 0 Å². The molecule has 1 fully saturated rings. The third-order valence-electron chi connectivity index (χ3n) is 4.44. The van der Waals surface area contributed by atoms with Crippen LogP contribution >= 0.6 is 35.3 Å². The highest BCUT2D eigenvalue weighted by Crippen LogP contribution is 2.14. The van der Waals surface area contributed by atoms with Crippen molar-refractivity contribution in [1.29, 1.82) is 0 Å². The lowest BCUT2D eigenvalue weighted by Crippen LogP contribution is -2.38. The second-order valence-electron chi connectivity index (χ2n) is 6.59. The molecule has 0 bridgehead atoms. The average molecular weight is 531 g/mol. The number of nitrogens with zero attached hydrogens (tertiary/aromatic N) is 3. The van der Waals surface area contributed by atoms with Crippen molar-refractivity contribution in [2.24, 2.45) is 4.99 Å². The number of guanidine groups is 1. The van der Waals surface area contributed by atoms with Gasteiger partial charge in [-0.3, -0.25) is 9.89 Å². The standard InChI is InChI=1S/C20H29N5O2S.HI/c1-16-13-22-19(28-16)15-24-20(21-2)23-14-17-4-3-5-18(12-17)27-11-8-25-6-9-26-10-7-25;/h3-5,12-13H,6-11,14-15H2,1-2H3,(H2,21,23,24);1H. The summed E-state index contributed by atoms with van der Waals surface area (Å²) in [5.74, 6) is 1.65. The monoisotopic (exact) mass is 531 g/mol. The van der Waals surface area contributed by atoms with E-state index in [1.165, 1.54) is 4.88 Å². The van der Waals surface area contributed by atoms with Crippen LogP contribution in [0.15, 0.2) is 35.5 Å². The van der Waals surface area contributed by atoms with Crippen LogP contribution in [0.1, 0.15) is 15.4 Å². The number of thiazole rings is 1. The molecule has 0 atom stereocenters. The molecule has 1 aliphatic heterocycles. The molecule has 1 saturated heterocycles. The highest BCUT2D eigenvalue weighted by molar-refractivity contribution is 14.0. The molecular formula is C20H30IN5O2S. The largest absolute Gasteiger partial charge is 0.492 e. The smallest absolute Gasteiger partial charge is 0.191 e. The Morgan fingerprint density at radius 2 is 2.07 bits per heavy atom. The molecule has 2 heterocycles. The number of aromatic nitrogens is 1. The predicted octanol–water partition coefficient (Wildman–Crippen LogP) is 2.65. The lowest BCUT2D eigenvalue weighted by molar-refractivity contribution is 0.0322. The Morgan fingerprint density at radius 3 is 2.79 bits per heavy atom. The summed E-state index contributed by atoms with van der Waals surface area (Å²) in [6.07, 6.45) is 1.89. The number of benzene rings is 1. The number of morpholine rings is 1. The number of hydrogen-bond donors (Lipinski definition) is 2. The van der Waals surface area contributed by atoms with Crippen LogP contribution in [0.5, 0.6) is 5.75 Å². The summed E-state index contributed by atoms with van der Waals surface area (Å²) in [6.45, 7) is 8.63. The van der Waals surface area contributed by atoms with Gasteiger partial charge in [0, 0.05) is 44.3 Å². The molecule has 2 N–H and O–H groups in total. The van der Waals surface area contributed by atoms with Crippen LogP contribution in [-0.4, -0.2) is 62.3 Å². The van der Waals surface area contributed by atoms with Crippen molar-refractivity contribution in [2.75, 3.05) is 46.5 Å². The van der Waals surface area contributed by atoms with Gasteiger partial charge in [-0.2, -0.15) is 0 Å². The van der Waals surface area contributed by atoms with Crippen LogP contribution in [0.3, 0.4) is 0 Å². The van der Waals surface area contributed by atoms with Crippen LogP contribution in [0.4, 0.5) is 0 Å². The molecule has 0 radical (unpaired) electrons. The number of ether oxygens (including phenoxy) is 2. The number of rotatable bonds is 8. The summed E-state index contributed by atoms with van der Waals surface area (Å²) in [5, 5.41) is 7.68. The van der Waals surface area contributed by atoms with Gasteiger partial charge < -0.3 is 20.1 Å². The van der Waals surface area contributed by atoms with E-state index in [1.54, 1.807) is 18.4 Å². The number of aryl methyl sites for hydroxylation is 1. The van der Waals surface area contributed by atoms with Crippen molar-refractivity contribution in [3.05, 3.63) is 45.9 Å². The highest BCUT2D eigenvalue weighted by atomic mass is 127. The van der Waals surface area contributed by atoms with E-state index < -0.39 is 0 Å². The van der Waals surface area contributed by atoms with Crippen molar-refractivity contribution in [2.45, 2.75) is 20.0 Å². The Hall–Kier alpha value is -1.43. The first kappa shape index (κ1) is 23.8. The first-order valence-corrected chi connectivity index (χ1v) is 10.4. The van der Waals surface area contributed by atoms with E-state index in [2.05, 4.69) is 44.6 Å². The van der Waals surface area contributed by atoms with Gasteiger partial charge in [0.15, 0.2) is 5.96 Å². The second kappa shape index (κ2) is 13.0. The number of hydrogen-bond acceptors (Lipinski definition) is 6. The maximum Gasteiger partial charge on any atom is 0.191 e. The van der Waals surface area contributed by atoms with Gasteiger partial charge in [0.2, 0.25) is 0 Å². The van der Waals surface area contributed by atoms with Crippen molar-refractivity contribution in [3.8, 4) is 5.75 Å². The molecule has 160 valence electrons. The summed E-state index contributed by atoms with van der Waals surface area (Å²) in [5.41, 5.74) is 1.15. The van der Waals surface area contributed by atoms with Gasteiger partial charge in [-0.1, -0.05) is 12.1 Å². The summed E-state index contributed by atoms with van der Waals surface area (Å²) in [7, 11) is 1.77. The van der Waals surface area contributed by atoms with Crippen molar-refractivity contribution in [1.82, 2.24) is 20.5 Å². The highest BCUT2D eigenvalue weighted by Gasteiger charge is 2.10. The summed E-state index contributed by atoms with van der Waals surface area (Å²) in [4.78, 5) is 12.2. The zero-order valence-corrected chi connectivity index (χ0v) is 20.2. The van der Waals surface area contributed by atoms with Crippen molar-refractivity contribution >= 4 is 41.3 Å². The minimum absolute atomic E-state index is 0. The molecule has 0 unspecified atom stereocenters. The fraction of sp³-hybridized carbons (Fsp3) is 0.500. The molecule has 1 aromatic heterocycles. The predicted molar refractivity (Wildman–Crippen MR) is 129 cm³/mol. The van der Waals surface area contributed by atoms with Gasteiger partial charge >= 0.3 is 0 Å². The quantitative estimate of drug-likeness (QED) is 0.310. The third kappa shape index (κ3) is 8.45. The molecule has 7 nitrogen and oxygen atoms in total. The third-order valence-corrected chi connectivity index (χ3v) is 5.35. The van der Waals surface area contributed by atoms with E-state index in [4.69, 9.17) is 9.47 Å². The van der Waals surface area contributed by atoms with E-state index in [0.29, 0.717) is 19.7 Å². The molecule has 1 aliphatic rings. The lowest BCUT2D eigenvalue weighted by Gasteiger charge is -2.26.